The Labute approximate surface area is 221 Å². The molecule has 0 spiro atoms. The molecule has 0 nitrogen and oxygen atoms in total. The molecule has 0 saturated heterocycles. The molecule has 0 aliphatic heterocycles. The topological polar surface area (TPSA) is 0 Å². The van der Waals surface area contributed by atoms with Gasteiger partial charge in [0.1, 0.15) is 0 Å². The van der Waals surface area contributed by atoms with Gasteiger partial charge in [-0.05, 0) is 0 Å². The van der Waals surface area contributed by atoms with Crippen molar-refractivity contribution in [2.45, 2.75) is 38.5 Å². The van der Waals surface area contributed by atoms with Gasteiger partial charge in [-0.15, -0.1) is 0 Å². The van der Waals surface area contributed by atoms with Crippen molar-refractivity contribution < 1.29 is 46.1 Å². The summed E-state index contributed by atoms with van der Waals surface area (Å²) in [5, 5.41) is 5.95. The van der Waals surface area contributed by atoms with Gasteiger partial charge >= 0.3 is 198 Å². The van der Waals surface area contributed by atoms with Crippen molar-refractivity contribution in [1.82, 2.24) is 0 Å². The molecule has 0 bridgehead atoms. The normalized spacial score (nSPS) is 15.4. The number of rotatable bonds is 2. The van der Waals surface area contributed by atoms with Crippen molar-refractivity contribution in [3.8, 4) is 11.1 Å². The van der Waals surface area contributed by atoms with E-state index in [1.807, 2.05) is 3.21 Å². The van der Waals surface area contributed by atoms with Crippen LogP contribution < -0.4 is 28.1 Å². The number of hydrogen-bond donors (Lipinski definition) is 0. The van der Waals surface area contributed by atoms with Crippen molar-refractivity contribution in [1.29, 1.82) is 0 Å². The minimum Gasteiger partial charge on any atom is -1.00 e. The zero-order chi connectivity index (χ0) is 21.1. The van der Waals surface area contributed by atoms with Crippen LogP contribution in [-0.2, 0) is 27.7 Å². The fourth-order valence-electron chi connectivity index (χ4n) is 6.40. The molecule has 34 heavy (non-hydrogen) atoms. The molecule has 1 saturated carbocycles. The predicted octanol–water partition coefficient (Wildman–Crippen LogP) is 1.41. The van der Waals surface area contributed by atoms with Gasteiger partial charge in [-0.1, -0.05) is 0 Å². The zero-order valence-corrected chi connectivity index (χ0v) is 23.1. The molecular weight excluding hydrogens is 534 g/mol. The monoisotopic (exact) mass is 558 g/mol. The van der Waals surface area contributed by atoms with Crippen molar-refractivity contribution in [3.05, 3.63) is 99.4 Å². The van der Waals surface area contributed by atoms with E-state index < -0.39 is 21.3 Å². The first kappa shape index (κ1) is 23.9. The second kappa shape index (κ2) is 9.69. The first-order valence-corrected chi connectivity index (χ1v) is 15.7. The Balaban J connectivity index is 0.00000120. The van der Waals surface area contributed by atoms with Gasteiger partial charge in [0.15, 0.2) is 0 Å². The van der Waals surface area contributed by atoms with Crippen LogP contribution in [0.3, 0.4) is 0 Å². The largest absolute Gasteiger partial charge is 1.00 e. The van der Waals surface area contributed by atoms with Crippen molar-refractivity contribution in [2.24, 2.45) is 0 Å². The maximum absolute atomic E-state index is 2.53. The van der Waals surface area contributed by atoms with Gasteiger partial charge in [0.05, 0.1) is 0 Å². The quantitative estimate of drug-likeness (QED) is 0.287. The Morgan fingerprint density at radius 3 is 2.24 bits per heavy atom. The predicted molar refractivity (Wildman–Crippen MR) is 135 cm³/mol. The fraction of sp³-hybridized carbons (Fsp3) is 0.194. The molecule has 0 unspecified atom stereocenters. The molecule has 3 heteroatoms. The van der Waals surface area contributed by atoms with Gasteiger partial charge in [0.2, 0.25) is 0 Å². The molecular formula is C31H26Cl2Zr. The minimum atomic E-state index is -2.10. The van der Waals surface area contributed by atoms with Crippen molar-refractivity contribution >= 4 is 28.0 Å². The van der Waals surface area contributed by atoms with Crippen LogP contribution in [0.1, 0.15) is 43.2 Å². The Morgan fingerprint density at radius 2 is 1.44 bits per heavy atom. The maximum atomic E-state index is 2.53. The van der Waals surface area contributed by atoms with E-state index in [0.717, 1.165) is 6.42 Å². The molecule has 0 radical (unpaired) electrons. The zero-order valence-electron chi connectivity index (χ0n) is 19.1. The molecule has 0 amide bonds. The first-order chi connectivity index (χ1) is 15.9. The number of allylic oxidation sites excluding steroid dienone is 4. The third-order valence-electron chi connectivity index (χ3n) is 7.73. The molecule has 4 aromatic carbocycles. The average Bonchev–Trinajstić information content (AvgIpc) is 3.61. The van der Waals surface area contributed by atoms with Crippen LogP contribution in [0.15, 0.2) is 88.2 Å². The Hall–Kier alpha value is -1.79. The molecule has 0 aromatic heterocycles. The summed E-state index contributed by atoms with van der Waals surface area (Å²) in [4.78, 5) is 0. The van der Waals surface area contributed by atoms with E-state index in [0.29, 0.717) is 0 Å². The third-order valence-corrected chi connectivity index (χ3v) is 15.5. The molecule has 0 heterocycles. The van der Waals surface area contributed by atoms with Crippen LogP contribution in [0.4, 0.5) is 0 Å². The summed E-state index contributed by atoms with van der Waals surface area (Å²) < 4.78 is 5.48. The number of benzene rings is 4. The molecule has 0 atom stereocenters. The summed E-state index contributed by atoms with van der Waals surface area (Å²) >= 11 is -2.10. The summed E-state index contributed by atoms with van der Waals surface area (Å²) in [5.41, 5.74) is 6.05. The summed E-state index contributed by atoms with van der Waals surface area (Å²) in [6.07, 6.45) is 15.0. The van der Waals surface area contributed by atoms with Gasteiger partial charge < -0.3 is 24.8 Å². The van der Waals surface area contributed by atoms with E-state index in [1.165, 1.54) is 65.0 Å². The Morgan fingerprint density at radius 1 is 0.706 bits per heavy atom. The van der Waals surface area contributed by atoms with Gasteiger partial charge in [0, 0.05) is 0 Å². The summed E-state index contributed by atoms with van der Waals surface area (Å²) in [6, 6.07) is 25.5. The SMILES string of the molecule is C1=CC[C]([Zr+2](=[C]2CCCC2)[c]2cccc3c2c2c(c4ccccc43)-c3ccccc3C2)=C1.[Cl-].[Cl-]. The number of fused-ring (bicyclic) bond motifs is 8. The average molecular weight is 561 g/mol. The smallest absolute Gasteiger partial charge is 1.00 e. The van der Waals surface area contributed by atoms with Gasteiger partial charge in [0.25, 0.3) is 0 Å². The number of halogens is 2. The van der Waals surface area contributed by atoms with Crippen molar-refractivity contribution in [2.75, 3.05) is 0 Å². The van der Waals surface area contributed by atoms with E-state index in [2.05, 4.69) is 85.0 Å². The van der Waals surface area contributed by atoms with Crippen molar-refractivity contribution in [3.63, 3.8) is 0 Å². The van der Waals surface area contributed by atoms with Crippen LogP contribution in [-0.4, -0.2) is 3.21 Å². The molecule has 168 valence electrons. The Bertz CT molecular complexity index is 1520. The Kier molecular flexibility index (Phi) is 6.82. The van der Waals surface area contributed by atoms with Gasteiger partial charge in [-0.25, -0.2) is 0 Å². The summed E-state index contributed by atoms with van der Waals surface area (Å²) in [7, 11) is 0. The molecule has 1 fully saturated rings. The fourth-order valence-corrected chi connectivity index (χ4v) is 14.8. The minimum absolute atomic E-state index is 0. The van der Waals surface area contributed by atoms with Crippen LogP contribution in [0, 0.1) is 0 Å². The molecule has 3 aliphatic rings. The summed E-state index contributed by atoms with van der Waals surface area (Å²) in [5.74, 6) is 0. The van der Waals surface area contributed by atoms with E-state index >= 15 is 0 Å². The van der Waals surface area contributed by atoms with Crippen LogP contribution >= 0.6 is 0 Å². The third kappa shape index (κ3) is 3.64. The van der Waals surface area contributed by atoms with E-state index in [1.54, 1.807) is 17.5 Å². The van der Waals surface area contributed by atoms with Crippen LogP contribution in [0.2, 0.25) is 0 Å². The van der Waals surface area contributed by atoms with Gasteiger partial charge in [-0.3, -0.25) is 0 Å². The molecule has 4 aromatic rings. The van der Waals surface area contributed by atoms with Crippen LogP contribution in [0.25, 0.3) is 32.7 Å². The van der Waals surface area contributed by atoms with E-state index in [4.69, 9.17) is 0 Å². The second-order valence-electron chi connectivity index (χ2n) is 9.47. The maximum Gasteiger partial charge on any atom is -1.00 e. The second-order valence-corrected chi connectivity index (χ2v) is 16.0. The van der Waals surface area contributed by atoms with E-state index in [9.17, 15) is 0 Å². The van der Waals surface area contributed by atoms with Gasteiger partial charge in [-0.2, -0.15) is 0 Å². The number of hydrogen-bond acceptors (Lipinski definition) is 0. The van der Waals surface area contributed by atoms with E-state index in [-0.39, 0.29) is 24.8 Å². The standard InChI is InChI=1S/C21H13.C5H8.C5H5.2ClH.Zr/c1-2-8-15-14(7-1)13-20-18-11-4-3-9-16(18)17-10-5-6-12-19(17)21(15)20;2*1-2-4-5-3-1;;;/h1-10,12H,13H2;1-4H2;1-3H,4H2;2*1H;/q;;;;;+2/p-2. The van der Waals surface area contributed by atoms with Crippen LogP contribution in [0.5, 0.6) is 0 Å². The first-order valence-electron chi connectivity index (χ1n) is 12.0. The molecule has 7 rings (SSSR count). The summed E-state index contributed by atoms with van der Waals surface area (Å²) in [6.45, 7) is 0. The molecule has 3 aliphatic carbocycles. The molecule has 0 N–H and O–H groups in total.